The summed E-state index contributed by atoms with van der Waals surface area (Å²) in [7, 11) is 0. The molecule has 1 aliphatic rings. The standard InChI is InChI=1S/C22H19NO4/c24-12-17(25)13-27-18-7-8-21-19(11-18)20(22(26)23-21)10-14-5-6-15-3-1-2-4-16(15)9-14/h1-11,17,24-25H,12-13H2,(H,23,26). The van der Waals surface area contributed by atoms with E-state index in [1.807, 2.05) is 48.5 Å². The van der Waals surface area contributed by atoms with Gasteiger partial charge in [0.25, 0.3) is 5.91 Å². The summed E-state index contributed by atoms with van der Waals surface area (Å²) < 4.78 is 5.50. The van der Waals surface area contributed by atoms with E-state index in [1.165, 1.54) is 0 Å². The van der Waals surface area contributed by atoms with E-state index in [1.54, 1.807) is 18.2 Å². The summed E-state index contributed by atoms with van der Waals surface area (Å²) in [4.78, 5) is 12.4. The minimum Gasteiger partial charge on any atom is -0.491 e. The summed E-state index contributed by atoms with van der Waals surface area (Å²) in [6.45, 7) is -0.377. The van der Waals surface area contributed by atoms with Crippen molar-refractivity contribution < 1.29 is 19.7 Å². The predicted molar refractivity (Wildman–Crippen MR) is 105 cm³/mol. The number of rotatable bonds is 5. The van der Waals surface area contributed by atoms with Gasteiger partial charge in [0.05, 0.1) is 6.61 Å². The van der Waals surface area contributed by atoms with Gasteiger partial charge in [0.2, 0.25) is 0 Å². The van der Waals surface area contributed by atoms with Crippen molar-refractivity contribution in [2.24, 2.45) is 0 Å². The third-order valence-electron chi connectivity index (χ3n) is 4.51. The van der Waals surface area contributed by atoms with Gasteiger partial charge in [0, 0.05) is 16.8 Å². The number of benzene rings is 3. The molecular formula is C22H19NO4. The Morgan fingerprint density at radius 3 is 2.67 bits per heavy atom. The van der Waals surface area contributed by atoms with E-state index < -0.39 is 6.10 Å². The molecule has 0 aromatic heterocycles. The van der Waals surface area contributed by atoms with Gasteiger partial charge >= 0.3 is 0 Å². The van der Waals surface area contributed by atoms with Crippen molar-refractivity contribution >= 4 is 34.0 Å². The topological polar surface area (TPSA) is 78.8 Å². The Morgan fingerprint density at radius 2 is 1.85 bits per heavy atom. The minimum absolute atomic E-state index is 0.0135. The van der Waals surface area contributed by atoms with Crippen LogP contribution in [0.2, 0.25) is 0 Å². The molecule has 1 amide bonds. The van der Waals surface area contributed by atoms with Crippen molar-refractivity contribution in [3.63, 3.8) is 0 Å². The molecule has 0 fully saturated rings. The van der Waals surface area contributed by atoms with Crippen LogP contribution < -0.4 is 10.1 Å². The van der Waals surface area contributed by atoms with Gasteiger partial charge in [-0.25, -0.2) is 0 Å². The first-order valence-corrected chi connectivity index (χ1v) is 8.72. The maximum absolute atomic E-state index is 12.4. The number of amides is 1. The Morgan fingerprint density at radius 1 is 1.04 bits per heavy atom. The molecule has 3 aromatic rings. The molecule has 0 radical (unpaired) electrons. The molecule has 0 bridgehead atoms. The number of ether oxygens (including phenoxy) is 1. The van der Waals surface area contributed by atoms with Gasteiger partial charge in [0.15, 0.2) is 0 Å². The fourth-order valence-corrected chi connectivity index (χ4v) is 3.11. The van der Waals surface area contributed by atoms with Gasteiger partial charge in [-0.2, -0.15) is 0 Å². The number of nitrogens with one attached hydrogen (secondary N) is 1. The number of aliphatic hydroxyl groups is 2. The maximum Gasteiger partial charge on any atom is 0.256 e. The molecule has 0 spiro atoms. The summed E-state index contributed by atoms with van der Waals surface area (Å²) in [5.41, 5.74) is 2.98. The summed E-state index contributed by atoms with van der Waals surface area (Å²) in [6, 6.07) is 19.4. The zero-order chi connectivity index (χ0) is 18.8. The summed E-state index contributed by atoms with van der Waals surface area (Å²) >= 11 is 0. The van der Waals surface area contributed by atoms with Crippen molar-refractivity contribution in [1.29, 1.82) is 0 Å². The van der Waals surface area contributed by atoms with Gasteiger partial charge in [0.1, 0.15) is 18.5 Å². The van der Waals surface area contributed by atoms with Crippen LogP contribution in [0.1, 0.15) is 11.1 Å². The highest BCUT2D eigenvalue weighted by Gasteiger charge is 2.24. The van der Waals surface area contributed by atoms with Crippen molar-refractivity contribution in [2.75, 3.05) is 18.5 Å². The van der Waals surface area contributed by atoms with Crippen LogP contribution in [-0.2, 0) is 4.79 Å². The van der Waals surface area contributed by atoms with Crippen LogP contribution in [0.25, 0.3) is 22.4 Å². The van der Waals surface area contributed by atoms with Gasteiger partial charge in [-0.15, -0.1) is 0 Å². The lowest BCUT2D eigenvalue weighted by Gasteiger charge is -2.10. The zero-order valence-corrected chi connectivity index (χ0v) is 14.6. The number of carbonyl (C=O) groups excluding carboxylic acids is 1. The van der Waals surface area contributed by atoms with Crippen LogP contribution in [0, 0.1) is 0 Å². The second-order valence-electron chi connectivity index (χ2n) is 6.47. The van der Waals surface area contributed by atoms with Gasteiger partial charge in [-0.1, -0.05) is 36.4 Å². The first-order chi connectivity index (χ1) is 13.1. The molecule has 5 nitrogen and oxygen atoms in total. The molecule has 3 N–H and O–H groups in total. The zero-order valence-electron chi connectivity index (χ0n) is 14.6. The number of aliphatic hydroxyl groups excluding tert-OH is 2. The maximum atomic E-state index is 12.4. The van der Waals surface area contributed by atoms with Gasteiger partial charge in [-0.3, -0.25) is 4.79 Å². The highest BCUT2D eigenvalue weighted by Crippen LogP contribution is 2.36. The number of anilines is 1. The third kappa shape index (κ3) is 3.56. The van der Waals surface area contributed by atoms with Crippen molar-refractivity contribution in [1.82, 2.24) is 0 Å². The average Bonchev–Trinajstić information content (AvgIpc) is 3.00. The molecule has 5 heteroatoms. The molecule has 27 heavy (non-hydrogen) atoms. The molecule has 3 aromatic carbocycles. The van der Waals surface area contributed by atoms with E-state index in [4.69, 9.17) is 9.84 Å². The number of hydrogen-bond acceptors (Lipinski definition) is 4. The van der Waals surface area contributed by atoms with Crippen LogP contribution in [0.3, 0.4) is 0 Å². The van der Waals surface area contributed by atoms with E-state index in [0.717, 1.165) is 27.6 Å². The quantitative estimate of drug-likeness (QED) is 0.610. The Kier molecular flexibility index (Phi) is 4.62. The lowest BCUT2D eigenvalue weighted by Crippen LogP contribution is -2.21. The summed E-state index contributed by atoms with van der Waals surface area (Å²) in [6.07, 6.45) is 0.922. The van der Waals surface area contributed by atoms with E-state index in [0.29, 0.717) is 11.3 Å². The molecule has 1 heterocycles. The monoisotopic (exact) mass is 361 g/mol. The highest BCUT2D eigenvalue weighted by atomic mass is 16.5. The van der Waals surface area contributed by atoms with Gasteiger partial charge in [-0.05, 0) is 46.7 Å². The normalized spacial score (nSPS) is 15.6. The van der Waals surface area contributed by atoms with E-state index in [9.17, 15) is 9.90 Å². The molecule has 0 aliphatic carbocycles. The van der Waals surface area contributed by atoms with Crippen LogP contribution >= 0.6 is 0 Å². The number of hydrogen-bond donors (Lipinski definition) is 3. The SMILES string of the molecule is O=C1Nc2ccc(OCC(O)CO)cc2C1=Cc1ccc2ccccc2c1. The summed E-state index contributed by atoms with van der Waals surface area (Å²) in [5, 5.41) is 23.4. The van der Waals surface area contributed by atoms with Crippen molar-refractivity contribution in [3.05, 3.63) is 71.8 Å². The predicted octanol–water partition coefficient (Wildman–Crippen LogP) is 3.06. The van der Waals surface area contributed by atoms with Crippen LogP contribution in [0.5, 0.6) is 5.75 Å². The Balaban J connectivity index is 1.67. The van der Waals surface area contributed by atoms with Crippen molar-refractivity contribution in [2.45, 2.75) is 6.10 Å². The summed E-state index contributed by atoms with van der Waals surface area (Å²) in [5.74, 6) is 0.368. The largest absolute Gasteiger partial charge is 0.491 e. The molecule has 136 valence electrons. The molecule has 1 aliphatic heterocycles. The lowest BCUT2D eigenvalue weighted by atomic mass is 10.0. The van der Waals surface area contributed by atoms with Crippen LogP contribution in [0.4, 0.5) is 5.69 Å². The molecule has 0 saturated carbocycles. The smallest absolute Gasteiger partial charge is 0.256 e. The number of carbonyl (C=O) groups is 1. The van der Waals surface area contributed by atoms with Crippen LogP contribution in [0.15, 0.2) is 60.7 Å². The molecule has 0 saturated heterocycles. The Labute approximate surface area is 156 Å². The van der Waals surface area contributed by atoms with Crippen LogP contribution in [-0.4, -0.2) is 35.4 Å². The highest BCUT2D eigenvalue weighted by molar-refractivity contribution is 6.35. The first kappa shape index (κ1) is 17.3. The molecule has 1 unspecified atom stereocenters. The van der Waals surface area contributed by atoms with E-state index in [2.05, 4.69) is 5.32 Å². The molecule has 1 atom stereocenters. The fourth-order valence-electron chi connectivity index (χ4n) is 3.11. The Hall–Kier alpha value is -3.15. The third-order valence-corrected chi connectivity index (χ3v) is 4.51. The van der Waals surface area contributed by atoms with Crippen molar-refractivity contribution in [3.8, 4) is 5.75 Å². The first-order valence-electron chi connectivity index (χ1n) is 8.72. The van der Waals surface area contributed by atoms with Gasteiger partial charge < -0.3 is 20.3 Å². The lowest BCUT2D eigenvalue weighted by molar-refractivity contribution is -0.110. The average molecular weight is 361 g/mol. The number of fused-ring (bicyclic) bond motifs is 2. The molecular weight excluding hydrogens is 342 g/mol. The molecule has 4 rings (SSSR count). The second kappa shape index (κ2) is 7.23. The fraction of sp³-hybridized carbons (Fsp3) is 0.136. The Bertz CT molecular complexity index is 1040. The second-order valence-corrected chi connectivity index (χ2v) is 6.47. The van der Waals surface area contributed by atoms with E-state index in [-0.39, 0.29) is 19.1 Å². The minimum atomic E-state index is -0.939. The van der Waals surface area contributed by atoms with E-state index >= 15 is 0 Å².